The van der Waals surface area contributed by atoms with Crippen LogP contribution in [0.4, 0.5) is 14.0 Å². The fraction of sp³-hybridized carbons (Fsp3) is 0.618. The molecule has 2 saturated carbocycles. The average Bonchev–Trinajstić information content (AvgIpc) is 3.93. The van der Waals surface area contributed by atoms with E-state index in [1.165, 1.54) is 11.0 Å². The van der Waals surface area contributed by atoms with Crippen molar-refractivity contribution in [1.29, 1.82) is 0 Å². The largest absolute Gasteiger partial charge is 0.444 e. The molecule has 1 aromatic rings. The molecule has 0 aromatic heterocycles. The lowest BCUT2D eigenvalue weighted by Gasteiger charge is -2.30. The zero-order valence-electron chi connectivity index (χ0n) is 28.8. The van der Waals surface area contributed by atoms with Crippen LogP contribution in [-0.2, 0) is 51.7 Å². The van der Waals surface area contributed by atoms with Gasteiger partial charge in [0.1, 0.15) is 35.1 Å². The normalized spacial score (nSPS) is 28.9. The predicted octanol–water partition coefficient (Wildman–Crippen LogP) is 1.99. The fourth-order valence-electron chi connectivity index (χ4n) is 6.66. The Balaban J connectivity index is 1.25. The van der Waals surface area contributed by atoms with Crippen molar-refractivity contribution in [3.8, 4) is 0 Å². The highest BCUT2D eigenvalue weighted by atomic mass is 32.2. The van der Waals surface area contributed by atoms with Crippen molar-refractivity contribution in [2.75, 3.05) is 19.8 Å². The molecule has 6 rings (SSSR count). The maximum absolute atomic E-state index is 14.4. The van der Waals surface area contributed by atoms with Gasteiger partial charge in [-0.2, -0.15) is 0 Å². The summed E-state index contributed by atoms with van der Waals surface area (Å²) in [7, 11) is -3.94. The molecule has 3 aliphatic heterocycles. The van der Waals surface area contributed by atoms with Crippen LogP contribution in [0.25, 0.3) is 0 Å². The number of carbonyl (C=O) groups excluding carboxylic acids is 5. The quantitative estimate of drug-likeness (QED) is 0.378. The van der Waals surface area contributed by atoms with Gasteiger partial charge in [-0.3, -0.25) is 24.0 Å². The van der Waals surface area contributed by atoms with Crippen molar-refractivity contribution in [3.05, 3.63) is 47.3 Å². The Kier molecular flexibility index (Phi) is 10.1. The third-order valence-electron chi connectivity index (χ3n) is 9.57. The third-order valence-corrected chi connectivity index (χ3v) is 11.4. The molecule has 0 spiro atoms. The predicted molar refractivity (Wildman–Crippen MR) is 177 cm³/mol. The number of nitrogens with one attached hydrogen (secondary N) is 3. The molecule has 3 unspecified atom stereocenters. The van der Waals surface area contributed by atoms with E-state index in [0.29, 0.717) is 36.8 Å². The number of alkyl carbamates (subject to hydrolysis) is 1. The Morgan fingerprint density at radius 2 is 1.90 bits per heavy atom. The second kappa shape index (κ2) is 14.1. The van der Waals surface area contributed by atoms with Gasteiger partial charge in [0.2, 0.25) is 21.8 Å². The maximum atomic E-state index is 14.4. The van der Waals surface area contributed by atoms with Gasteiger partial charge in [0.05, 0.1) is 24.9 Å². The summed E-state index contributed by atoms with van der Waals surface area (Å²) in [6.07, 6.45) is 2.83. The SMILES string of the molecule is CC(C)(C)OC(=O)N[C@@H]1COCCC/C=C\C2CC2(C(=O)NS(=O)(=O)C2CC2)NC(=O)C2C[C@@H](OC(=O)N3Cc4cccc(F)c4C3)CN2C1=O. The van der Waals surface area contributed by atoms with E-state index < -0.39 is 86.2 Å². The highest BCUT2D eigenvalue weighted by molar-refractivity contribution is 7.91. The number of carbonyl (C=O) groups is 5. The van der Waals surface area contributed by atoms with E-state index in [9.17, 15) is 36.8 Å². The van der Waals surface area contributed by atoms with Gasteiger partial charge in [-0.1, -0.05) is 24.3 Å². The molecule has 3 fully saturated rings. The number of fused-ring (bicyclic) bond motifs is 3. The van der Waals surface area contributed by atoms with Crippen LogP contribution < -0.4 is 15.4 Å². The van der Waals surface area contributed by atoms with E-state index in [1.807, 2.05) is 6.08 Å². The molecule has 3 heterocycles. The summed E-state index contributed by atoms with van der Waals surface area (Å²) >= 11 is 0. The van der Waals surface area contributed by atoms with Crippen molar-refractivity contribution in [1.82, 2.24) is 25.2 Å². The van der Waals surface area contributed by atoms with E-state index in [1.54, 1.807) is 39.0 Å². The first-order chi connectivity index (χ1) is 24.1. The molecule has 0 radical (unpaired) electrons. The first-order valence-electron chi connectivity index (χ1n) is 17.2. The molecule has 5 amide bonds. The highest BCUT2D eigenvalue weighted by Gasteiger charge is 2.62. The van der Waals surface area contributed by atoms with Crippen molar-refractivity contribution >= 4 is 39.9 Å². The second-order valence-electron chi connectivity index (χ2n) is 14.8. The lowest BCUT2D eigenvalue weighted by Crippen LogP contribution is -2.59. The van der Waals surface area contributed by atoms with Gasteiger partial charge in [-0.15, -0.1) is 0 Å². The number of hydrogen-bond acceptors (Lipinski definition) is 10. The molecule has 1 aromatic carbocycles. The molecular formula is C34H44FN5O10S. The van der Waals surface area contributed by atoms with E-state index in [-0.39, 0.29) is 45.7 Å². The second-order valence-corrected chi connectivity index (χ2v) is 16.7. The molecule has 5 atom stereocenters. The van der Waals surface area contributed by atoms with Gasteiger partial charge < -0.3 is 29.7 Å². The molecule has 5 aliphatic rings. The van der Waals surface area contributed by atoms with Gasteiger partial charge in [0.15, 0.2) is 0 Å². The Morgan fingerprint density at radius 3 is 2.61 bits per heavy atom. The highest BCUT2D eigenvalue weighted by Crippen LogP contribution is 2.46. The van der Waals surface area contributed by atoms with Crippen molar-refractivity contribution in [2.24, 2.45) is 5.92 Å². The zero-order chi connectivity index (χ0) is 36.7. The Morgan fingerprint density at radius 1 is 1.14 bits per heavy atom. The molecular weight excluding hydrogens is 689 g/mol. The fourth-order valence-corrected chi connectivity index (χ4v) is 8.02. The summed E-state index contributed by atoms with van der Waals surface area (Å²) in [4.78, 5) is 70.5. The van der Waals surface area contributed by atoms with E-state index >= 15 is 0 Å². The molecule has 1 saturated heterocycles. The van der Waals surface area contributed by atoms with Crippen LogP contribution in [0, 0.1) is 11.7 Å². The molecule has 3 N–H and O–H groups in total. The van der Waals surface area contributed by atoms with E-state index in [4.69, 9.17) is 14.2 Å². The smallest absolute Gasteiger partial charge is 0.410 e. The summed E-state index contributed by atoms with van der Waals surface area (Å²) in [5, 5.41) is 4.62. The van der Waals surface area contributed by atoms with Gasteiger partial charge in [0.25, 0.3) is 5.91 Å². The van der Waals surface area contributed by atoms with Crippen molar-refractivity contribution in [2.45, 2.75) is 107 Å². The van der Waals surface area contributed by atoms with Gasteiger partial charge in [0, 0.05) is 31.1 Å². The average molecular weight is 734 g/mol. The molecule has 51 heavy (non-hydrogen) atoms. The van der Waals surface area contributed by atoms with Crippen molar-refractivity contribution < 1.29 is 51.0 Å². The third kappa shape index (κ3) is 8.29. The minimum Gasteiger partial charge on any atom is -0.444 e. The summed E-state index contributed by atoms with van der Waals surface area (Å²) in [5.41, 5.74) is -1.46. The molecule has 278 valence electrons. The minimum absolute atomic E-state index is 0.0182. The standard InChI is InChI=1S/C34H44FN5O10S/c1-33(2,3)50-31(44)36-26-19-48-13-6-4-5-9-21-15-34(21,30(43)38-51(46,47)23-11-12-23)37-28(41)27-14-22(17-40(27)29(26)42)49-32(45)39-16-20-8-7-10-25(35)24(20)18-39/h5,7-10,21-23,26-27H,4,6,11-19H2,1-3H3,(H,36,44)(H,37,41)(H,38,43)/b9-5-/t21?,22-,26-,27?,34?/m1/s1. The molecule has 0 bridgehead atoms. The maximum Gasteiger partial charge on any atom is 0.410 e. The number of ether oxygens (including phenoxy) is 3. The van der Waals surface area contributed by atoms with Crippen LogP contribution in [0.3, 0.4) is 0 Å². The van der Waals surface area contributed by atoms with Crippen LogP contribution >= 0.6 is 0 Å². The van der Waals surface area contributed by atoms with Crippen molar-refractivity contribution in [3.63, 3.8) is 0 Å². The number of rotatable bonds is 5. The lowest BCUT2D eigenvalue weighted by atomic mass is 10.1. The first-order valence-corrected chi connectivity index (χ1v) is 18.8. The first kappa shape index (κ1) is 36.5. The van der Waals surface area contributed by atoms with E-state index in [0.717, 1.165) is 4.90 Å². The Bertz CT molecular complexity index is 1730. The number of amides is 5. The van der Waals surface area contributed by atoms with Gasteiger partial charge in [-0.05, 0) is 64.5 Å². The number of hydrogen-bond donors (Lipinski definition) is 3. The molecule has 2 aliphatic carbocycles. The number of halogens is 1. The minimum atomic E-state index is -3.94. The topological polar surface area (TPSA) is 190 Å². The van der Waals surface area contributed by atoms with Crippen LogP contribution in [-0.4, -0.2) is 102 Å². The van der Waals surface area contributed by atoms with Crippen LogP contribution in [0.2, 0.25) is 0 Å². The van der Waals surface area contributed by atoms with Crippen LogP contribution in [0.1, 0.15) is 70.4 Å². The monoisotopic (exact) mass is 733 g/mol. The summed E-state index contributed by atoms with van der Waals surface area (Å²) < 4.78 is 58.9. The lowest BCUT2D eigenvalue weighted by molar-refractivity contribution is -0.142. The number of allylic oxidation sites excluding steroid dienone is 1. The Labute approximate surface area is 295 Å². The summed E-state index contributed by atoms with van der Waals surface area (Å²) in [6, 6.07) is 1.99. The summed E-state index contributed by atoms with van der Waals surface area (Å²) in [5.74, 6) is -3.31. The van der Waals surface area contributed by atoms with Crippen LogP contribution in [0.5, 0.6) is 0 Å². The van der Waals surface area contributed by atoms with E-state index in [2.05, 4.69) is 15.4 Å². The number of nitrogens with zero attached hydrogens (tertiary/aromatic N) is 2. The Hall–Kier alpha value is -4.25. The zero-order valence-corrected chi connectivity index (χ0v) is 29.6. The van der Waals surface area contributed by atoms with Gasteiger partial charge in [-0.25, -0.2) is 22.4 Å². The van der Waals surface area contributed by atoms with Crippen LogP contribution in [0.15, 0.2) is 30.4 Å². The molecule has 15 nitrogen and oxygen atoms in total. The number of benzene rings is 1. The summed E-state index contributed by atoms with van der Waals surface area (Å²) in [6.45, 7) is 4.81. The van der Waals surface area contributed by atoms with Gasteiger partial charge >= 0.3 is 12.2 Å². The number of sulfonamides is 1. The molecule has 17 heteroatoms.